The van der Waals surface area contributed by atoms with E-state index in [1.807, 2.05) is 0 Å². The molecule has 1 aromatic rings. The van der Waals surface area contributed by atoms with Gasteiger partial charge in [-0.3, -0.25) is 16.0 Å². The first-order valence-corrected chi connectivity index (χ1v) is 8.09. The van der Waals surface area contributed by atoms with Crippen LogP contribution in [0.2, 0.25) is 0 Å². The molecule has 1 saturated carbocycles. The second-order valence-electron chi connectivity index (χ2n) is 5.32. The summed E-state index contributed by atoms with van der Waals surface area (Å²) in [6.07, 6.45) is 2.54. The number of hydrogen-bond donors (Lipinski definition) is 3. The lowest BCUT2D eigenvalue weighted by Gasteiger charge is -2.13. The molecule has 116 valence electrons. The summed E-state index contributed by atoms with van der Waals surface area (Å²) in [5.41, 5.74) is 1.87. The van der Waals surface area contributed by atoms with Crippen LogP contribution in [-0.4, -0.2) is 19.4 Å². The Bertz CT molecular complexity index is 647. The van der Waals surface area contributed by atoms with Gasteiger partial charge < -0.3 is 5.43 Å². The van der Waals surface area contributed by atoms with Gasteiger partial charge in [-0.25, -0.2) is 13.1 Å². The maximum absolute atomic E-state index is 12.3. The van der Waals surface area contributed by atoms with Crippen LogP contribution >= 0.6 is 0 Å². The number of hydrazine groups is 1. The molecule has 0 saturated heterocycles. The smallest absolute Gasteiger partial charge is 0.294 e. The number of rotatable bonds is 5. The number of nitrogens with one attached hydrogen (secondary N) is 2. The number of sulfonamides is 1. The highest BCUT2D eigenvalue weighted by Gasteiger charge is 2.28. The van der Waals surface area contributed by atoms with Crippen LogP contribution in [0.3, 0.4) is 0 Å². The van der Waals surface area contributed by atoms with Crippen LogP contribution in [0, 0.1) is 16.0 Å². The zero-order valence-electron chi connectivity index (χ0n) is 11.6. The predicted octanol–water partition coefficient (Wildman–Crippen LogP) is 1.35. The highest BCUT2D eigenvalue weighted by molar-refractivity contribution is 7.89. The van der Waals surface area contributed by atoms with E-state index in [-0.39, 0.29) is 22.3 Å². The van der Waals surface area contributed by atoms with Gasteiger partial charge in [0.05, 0.1) is 9.82 Å². The molecule has 1 aliphatic rings. The largest absolute Gasteiger partial charge is 0.318 e. The molecule has 0 aliphatic heterocycles. The molecule has 0 amide bonds. The van der Waals surface area contributed by atoms with E-state index in [1.165, 1.54) is 12.1 Å². The van der Waals surface area contributed by atoms with E-state index in [1.54, 1.807) is 0 Å². The van der Waals surface area contributed by atoms with Crippen molar-refractivity contribution in [2.45, 2.75) is 37.1 Å². The number of anilines is 1. The zero-order valence-corrected chi connectivity index (χ0v) is 12.4. The first-order valence-electron chi connectivity index (χ1n) is 6.61. The van der Waals surface area contributed by atoms with Gasteiger partial charge in [-0.15, -0.1) is 0 Å². The van der Waals surface area contributed by atoms with E-state index in [4.69, 9.17) is 5.84 Å². The average Bonchev–Trinajstić information content (AvgIpc) is 2.82. The molecule has 8 nitrogen and oxygen atoms in total. The molecule has 4 N–H and O–H groups in total. The monoisotopic (exact) mass is 314 g/mol. The zero-order chi connectivity index (χ0) is 15.6. The van der Waals surface area contributed by atoms with Crippen molar-refractivity contribution in [2.75, 3.05) is 5.43 Å². The van der Waals surface area contributed by atoms with Crippen LogP contribution in [0.25, 0.3) is 0 Å². The second kappa shape index (κ2) is 5.96. The van der Waals surface area contributed by atoms with Crippen molar-refractivity contribution >= 4 is 21.4 Å². The van der Waals surface area contributed by atoms with Crippen LogP contribution in [0.1, 0.15) is 26.2 Å². The summed E-state index contributed by atoms with van der Waals surface area (Å²) in [5, 5.41) is 10.9. The summed E-state index contributed by atoms with van der Waals surface area (Å²) < 4.78 is 27.2. The Morgan fingerprint density at radius 1 is 1.38 bits per heavy atom. The third kappa shape index (κ3) is 3.49. The summed E-state index contributed by atoms with van der Waals surface area (Å²) >= 11 is 0. The van der Waals surface area contributed by atoms with Crippen molar-refractivity contribution in [3.8, 4) is 0 Å². The van der Waals surface area contributed by atoms with Gasteiger partial charge in [0.1, 0.15) is 5.69 Å². The number of nitrogens with two attached hydrogens (primary N) is 1. The van der Waals surface area contributed by atoms with Gasteiger partial charge in [-0.05, 0) is 37.3 Å². The van der Waals surface area contributed by atoms with E-state index in [2.05, 4.69) is 17.1 Å². The lowest BCUT2D eigenvalue weighted by Crippen LogP contribution is -2.33. The van der Waals surface area contributed by atoms with Gasteiger partial charge in [0.2, 0.25) is 10.0 Å². The summed E-state index contributed by atoms with van der Waals surface area (Å²) in [6, 6.07) is 3.47. The maximum Gasteiger partial charge on any atom is 0.294 e. The molecule has 0 radical (unpaired) electrons. The highest BCUT2D eigenvalue weighted by atomic mass is 32.2. The predicted molar refractivity (Wildman–Crippen MR) is 78.0 cm³/mol. The van der Waals surface area contributed by atoms with Gasteiger partial charge in [0, 0.05) is 12.1 Å². The molecule has 21 heavy (non-hydrogen) atoms. The standard InChI is InChI=1S/C12H18N4O4S/c1-8-2-3-9(6-8)15-21(19,20)10-4-5-11(14-13)12(7-10)16(17)18/h4-5,7-9,14-15H,2-3,6,13H2,1H3. The molecule has 2 unspecified atom stereocenters. The molecule has 2 atom stereocenters. The quantitative estimate of drug-likeness (QED) is 0.427. The number of benzene rings is 1. The van der Waals surface area contributed by atoms with Crippen molar-refractivity contribution in [3.63, 3.8) is 0 Å². The van der Waals surface area contributed by atoms with E-state index in [0.717, 1.165) is 25.3 Å². The molecule has 1 aromatic carbocycles. The minimum absolute atomic E-state index is 0.0634. The fourth-order valence-corrected chi connectivity index (χ4v) is 3.86. The van der Waals surface area contributed by atoms with Gasteiger partial charge in [0.25, 0.3) is 5.69 Å². The number of nitro groups is 1. The van der Waals surface area contributed by atoms with Crippen LogP contribution in [0.15, 0.2) is 23.1 Å². The summed E-state index contributed by atoms with van der Waals surface area (Å²) in [7, 11) is -3.77. The first-order chi connectivity index (χ1) is 9.83. The molecule has 0 spiro atoms. The Morgan fingerprint density at radius 2 is 2.10 bits per heavy atom. The van der Waals surface area contributed by atoms with E-state index >= 15 is 0 Å². The van der Waals surface area contributed by atoms with Gasteiger partial charge in [0.15, 0.2) is 0 Å². The lowest BCUT2D eigenvalue weighted by molar-refractivity contribution is -0.384. The maximum atomic E-state index is 12.3. The summed E-state index contributed by atoms with van der Waals surface area (Å²) in [6.45, 7) is 2.07. The summed E-state index contributed by atoms with van der Waals surface area (Å²) in [5.74, 6) is 5.66. The minimum Gasteiger partial charge on any atom is -0.318 e. The Labute approximate surface area is 122 Å². The number of hydrogen-bond acceptors (Lipinski definition) is 6. The van der Waals surface area contributed by atoms with Crippen molar-refractivity contribution in [3.05, 3.63) is 28.3 Å². The topological polar surface area (TPSA) is 127 Å². The molecule has 1 aliphatic carbocycles. The number of nitro benzene ring substituents is 1. The van der Waals surface area contributed by atoms with E-state index in [0.29, 0.717) is 5.92 Å². The third-order valence-electron chi connectivity index (χ3n) is 3.65. The van der Waals surface area contributed by atoms with Crippen LogP contribution in [0.4, 0.5) is 11.4 Å². The van der Waals surface area contributed by atoms with Crippen LogP contribution in [0.5, 0.6) is 0 Å². The Hall–Kier alpha value is -1.71. The van der Waals surface area contributed by atoms with E-state index in [9.17, 15) is 18.5 Å². The molecular weight excluding hydrogens is 296 g/mol. The highest BCUT2D eigenvalue weighted by Crippen LogP contribution is 2.29. The Balaban J connectivity index is 2.27. The summed E-state index contributed by atoms with van der Waals surface area (Å²) in [4.78, 5) is 10.1. The fourth-order valence-electron chi connectivity index (χ4n) is 2.55. The fraction of sp³-hybridized carbons (Fsp3) is 0.500. The second-order valence-corrected chi connectivity index (χ2v) is 7.03. The molecule has 2 rings (SSSR count). The molecule has 1 fully saturated rings. The van der Waals surface area contributed by atoms with Gasteiger partial charge >= 0.3 is 0 Å². The molecule has 9 heteroatoms. The van der Waals surface area contributed by atoms with Crippen molar-refractivity contribution in [2.24, 2.45) is 11.8 Å². The lowest BCUT2D eigenvalue weighted by atomic mass is 10.1. The molecule has 0 bridgehead atoms. The number of nitrogen functional groups attached to an aromatic ring is 1. The number of nitrogens with zero attached hydrogens (tertiary/aromatic N) is 1. The minimum atomic E-state index is -3.77. The van der Waals surface area contributed by atoms with Gasteiger partial charge in [-0.2, -0.15) is 0 Å². The van der Waals surface area contributed by atoms with Crippen molar-refractivity contribution in [1.29, 1.82) is 0 Å². The molecular formula is C12H18N4O4S. The van der Waals surface area contributed by atoms with E-state index < -0.39 is 14.9 Å². The molecule has 0 heterocycles. The van der Waals surface area contributed by atoms with Crippen molar-refractivity contribution < 1.29 is 13.3 Å². The average molecular weight is 314 g/mol. The normalized spacial score (nSPS) is 22.2. The Morgan fingerprint density at radius 3 is 2.62 bits per heavy atom. The van der Waals surface area contributed by atoms with Crippen LogP contribution < -0.4 is 16.0 Å². The third-order valence-corrected chi connectivity index (χ3v) is 5.17. The van der Waals surface area contributed by atoms with Crippen LogP contribution in [-0.2, 0) is 10.0 Å². The van der Waals surface area contributed by atoms with Gasteiger partial charge in [-0.1, -0.05) is 6.92 Å². The SMILES string of the molecule is CC1CCC(NS(=O)(=O)c2ccc(NN)c([N+](=O)[O-])c2)C1. The molecule has 0 aromatic heterocycles. The first kappa shape index (κ1) is 15.7. The van der Waals surface area contributed by atoms with Crippen molar-refractivity contribution in [1.82, 2.24) is 4.72 Å². The Kier molecular flexibility index (Phi) is 4.45.